The molecule has 1 rings (SSSR count). The lowest BCUT2D eigenvalue weighted by atomic mass is 10.3. The lowest BCUT2D eigenvalue weighted by molar-refractivity contribution is 0.201. The van der Waals surface area contributed by atoms with Gasteiger partial charge in [-0.2, -0.15) is 0 Å². The number of nitrogens with zero attached hydrogens (tertiary/aromatic N) is 2. The Morgan fingerprint density at radius 1 is 1.62 bits per heavy atom. The van der Waals surface area contributed by atoms with Crippen molar-refractivity contribution >= 4 is 37.7 Å². The van der Waals surface area contributed by atoms with Gasteiger partial charge in [-0.05, 0) is 22.0 Å². The Kier molecular flexibility index (Phi) is 5.64. The van der Waals surface area contributed by atoms with Crippen molar-refractivity contribution in [2.24, 2.45) is 0 Å². The van der Waals surface area contributed by atoms with Crippen molar-refractivity contribution in [1.29, 1.82) is 0 Å². The zero-order chi connectivity index (χ0) is 12.1. The monoisotopic (exact) mass is 354 g/mol. The van der Waals surface area contributed by atoms with Gasteiger partial charge in [0.25, 0.3) is 0 Å². The lowest BCUT2D eigenvalue weighted by Gasteiger charge is -2.21. The predicted molar refractivity (Wildman–Crippen MR) is 69.8 cm³/mol. The molecule has 1 aromatic heterocycles. The molecule has 0 N–H and O–H groups in total. The molecule has 0 aliphatic heterocycles. The normalized spacial score (nSPS) is 12.6. The van der Waals surface area contributed by atoms with Crippen LogP contribution in [0.15, 0.2) is 16.7 Å². The second-order valence-corrected chi connectivity index (χ2v) is 5.60. The Morgan fingerprint density at radius 3 is 2.88 bits per heavy atom. The van der Waals surface area contributed by atoms with Crippen LogP contribution in [0.4, 0.5) is 10.2 Å². The number of hydrogen-bond donors (Lipinski definition) is 0. The van der Waals surface area contributed by atoms with E-state index in [9.17, 15) is 4.39 Å². The molecule has 1 aromatic rings. The number of pyridine rings is 1. The van der Waals surface area contributed by atoms with Crippen LogP contribution in [0.3, 0.4) is 0 Å². The second kappa shape index (κ2) is 6.51. The number of alkyl halides is 1. The number of ether oxygens (including phenoxy) is 1. The molecular formula is C10H13Br2FN2O. The molecule has 1 atom stereocenters. The minimum Gasteiger partial charge on any atom is -0.383 e. The number of halogens is 3. The van der Waals surface area contributed by atoms with E-state index in [2.05, 4.69) is 36.8 Å². The van der Waals surface area contributed by atoms with Gasteiger partial charge in [0.15, 0.2) is 11.6 Å². The molecule has 0 aromatic carbocycles. The maximum Gasteiger partial charge on any atom is 0.166 e. The van der Waals surface area contributed by atoms with E-state index in [4.69, 9.17) is 4.74 Å². The largest absolute Gasteiger partial charge is 0.383 e. The zero-order valence-corrected chi connectivity index (χ0v) is 12.3. The van der Waals surface area contributed by atoms with Gasteiger partial charge in [-0.3, -0.25) is 0 Å². The van der Waals surface area contributed by atoms with E-state index in [-0.39, 0.29) is 10.6 Å². The molecule has 6 heteroatoms. The quantitative estimate of drug-likeness (QED) is 0.759. The Labute approximate surface area is 111 Å². The van der Waals surface area contributed by atoms with Gasteiger partial charge in [0, 0.05) is 31.4 Å². The summed E-state index contributed by atoms with van der Waals surface area (Å²) < 4.78 is 19.2. The summed E-state index contributed by atoms with van der Waals surface area (Å²) in [4.78, 5) is 5.93. The predicted octanol–water partition coefficient (Wildman–Crippen LogP) is 2.83. The molecule has 3 nitrogen and oxygen atoms in total. The molecular weight excluding hydrogens is 343 g/mol. The van der Waals surface area contributed by atoms with Crippen molar-refractivity contribution in [3.8, 4) is 0 Å². The van der Waals surface area contributed by atoms with Gasteiger partial charge < -0.3 is 9.64 Å². The fraction of sp³-hybridized carbons (Fsp3) is 0.500. The van der Waals surface area contributed by atoms with Crippen LogP contribution in [0.25, 0.3) is 0 Å². The van der Waals surface area contributed by atoms with Gasteiger partial charge >= 0.3 is 0 Å². The average Bonchev–Trinajstić information content (AvgIpc) is 2.17. The highest BCUT2D eigenvalue weighted by atomic mass is 79.9. The third-order valence-electron chi connectivity index (χ3n) is 1.97. The van der Waals surface area contributed by atoms with Crippen LogP contribution in [0.1, 0.15) is 0 Å². The number of anilines is 1. The van der Waals surface area contributed by atoms with E-state index in [0.29, 0.717) is 23.4 Å². The highest BCUT2D eigenvalue weighted by molar-refractivity contribution is 9.10. The average molecular weight is 356 g/mol. The third kappa shape index (κ3) is 3.99. The molecule has 0 fully saturated rings. The van der Waals surface area contributed by atoms with Crippen molar-refractivity contribution in [3.63, 3.8) is 0 Å². The summed E-state index contributed by atoms with van der Waals surface area (Å²) in [5, 5.41) is 0. The van der Waals surface area contributed by atoms with E-state index in [1.54, 1.807) is 25.3 Å². The zero-order valence-electron chi connectivity index (χ0n) is 9.08. The fourth-order valence-corrected chi connectivity index (χ4v) is 2.31. The molecule has 90 valence electrons. The van der Waals surface area contributed by atoms with Gasteiger partial charge in [-0.1, -0.05) is 15.9 Å². The summed E-state index contributed by atoms with van der Waals surface area (Å²) in [5.74, 6) is -0.00209. The van der Waals surface area contributed by atoms with Crippen molar-refractivity contribution < 1.29 is 9.13 Å². The summed E-state index contributed by atoms with van der Waals surface area (Å²) in [6, 6.07) is 1.40. The Balaban J connectivity index is 2.69. The molecule has 0 amide bonds. The Bertz CT molecular complexity index is 352. The van der Waals surface area contributed by atoms with Gasteiger partial charge in [0.1, 0.15) is 0 Å². The number of aromatic nitrogens is 1. The third-order valence-corrected chi connectivity index (χ3v) is 2.96. The highest BCUT2D eigenvalue weighted by Gasteiger charge is 2.13. The van der Waals surface area contributed by atoms with Crippen LogP contribution in [-0.4, -0.2) is 37.1 Å². The lowest BCUT2D eigenvalue weighted by Crippen LogP contribution is -2.29. The first kappa shape index (κ1) is 13.9. The standard InChI is InChI=1S/C10H13Br2FN2O/c1-15(5-8(12)6-16-2)10-9(13)3-7(11)4-14-10/h3-4,8H,5-6H2,1-2H3. The molecule has 16 heavy (non-hydrogen) atoms. The Morgan fingerprint density at radius 2 is 2.31 bits per heavy atom. The maximum absolute atomic E-state index is 13.6. The van der Waals surface area contributed by atoms with Crippen LogP contribution in [0, 0.1) is 5.82 Å². The SMILES string of the molecule is COCC(Br)CN(C)c1ncc(Br)cc1F. The second-order valence-electron chi connectivity index (χ2n) is 3.39. The van der Waals surface area contributed by atoms with Crippen molar-refractivity contribution in [1.82, 2.24) is 4.98 Å². The van der Waals surface area contributed by atoms with Gasteiger partial charge in [-0.25, -0.2) is 9.37 Å². The molecule has 0 bridgehead atoms. The van der Waals surface area contributed by atoms with Crippen LogP contribution >= 0.6 is 31.9 Å². The van der Waals surface area contributed by atoms with Gasteiger partial charge in [0.2, 0.25) is 0 Å². The molecule has 1 unspecified atom stereocenters. The molecule has 0 aliphatic carbocycles. The summed E-state index contributed by atoms with van der Waals surface area (Å²) in [5.41, 5.74) is 0. The molecule has 0 spiro atoms. The van der Waals surface area contributed by atoms with E-state index < -0.39 is 0 Å². The van der Waals surface area contributed by atoms with E-state index >= 15 is 0 Å². The first-order valence-electron chi connectivity index (χ1n) is 4.69. The summed E-state index contributed by atoms with van der Waals surface area (Å²) in [6.45, 7) is 1.20. The molecule has 0 aliphatic rings. The summed E-state index contributed by atoms with van der Waals surface area (Å²) in [7, 11) is 3.43. The molecule has 0 saturated carbocycles. The summed E-state index contributed by atoms with van der Waals surface area (Å²) in [6.07, 6.45) is 1.58. The van der Waals surface area contributed by atoms with Gasteiger partial charge in [0.05, 0.1) is 11.4 Å². The maximum atomic E-state index is 13.6. The van der Waals surface area contributed by atoms with Crippen molar-refractivity contribution in [2.45, 2.75) is 4.83 Å². The molecule has 0 radical (unpaired) electrons. The van der Waals surface area contributed by atoms with Crippen LogP contribution in [0.2, 0.25) is 0 Å². The smallest absolute Gasteiger partial charge is 0.166 e. The van der Waals surface area contributed by atoms with E-state index in [1.807, 2.05) is 0 Å². The fourth-order valence-electron chi connectivity index (χ4n) is 1.31. The highest BCUT2D eigenvalue weighted by Crippen LogP contribution is 2.19. The minimum absolute atomic E-state index is 0.146. The number of hydrogen-bond acceptors (Lipinski definition) is 3. The molecule has 0 saturated heterocycles. The summed E-state index contributed by atoms with van der Waals surface area (Å²) >= 11 is 6.62. The number of methoxy groups -OCH3 is 1. The van der Waals surface area contributed by atoms with Crippen molar-refractivity contribution in [2.75, 3.05) is 32.2 Å². The number of rotatable bonds is 5. The van der Waals surface area contributed by atoms with E-state index in [0.717, 1.165) is 0 Å². The molecule has 1 heterocycles. The first-order chi connectivity index (χ1) is 7.54. The van der Waals surface area contributed by atoms with E-state index in [1.165, 1.54) is 6.07 Å². The van der Waals surface area contributed by atoms with Crippen molar-refractivity contribution in [3.05, 3.63) is 22.6 Å². The van der Waals surface area contributed by atoms with Gasteiger partial charge in [-0.15, -0.1) is 0 Å². The topological polar surface area (TPSA) is 25.4 Å². The Hall–Kier alpha value is -0.200. The van der Waals surface area contributed by atoms with Crippen LogP contribution in [0.5, 0.6) is 0 Å². The van der Waals surface area contributed by atoms with Crippen LogP contribution in [-0.2, 0) is 4.74 Å². The first-order valence-corrected chi connectivity index (χ1v) is 6.40. The van der Waals surface area contributed by atoms with Crippen LogP contribution < -0.4 is 4.90 Å². The minimum atomic E-state index is -0.339.